The van der Waals surface area contributed by atoms with Crippen molar-refractivity contribution >= 4 is 11.9 Å². The van der Waals surface area contributed by atoms with Gasteiger partial charge in [0, 0.05) is 0 Å². The first-order valence-electron chi connectivity index (χ1n) is 6.98. The van der Waals surface area contributed by atoms with E-state index in [1.54, 1.807) is 6.92 Å². The molecule has 0 N–H and O–H groups in total. The van der Waals surface area contributed by atoms with E-state index in [1.165, 1.54) is 5.57 Å². The highest BCUT2D eigenvalue weighted by molar-refractivity contribution is 5.91. The molecule has 0 rings (SSSR count). The van der Waals surface area contributed by atoms with E-state index in [0.717, 1.165) is 19.3 Å². The van der Waals surface area contributed by atoms with Crippen molar-refractivity contribution in [1.29, 1.82) is 0 Å². The number of ether oxygens (including phenoxy) is 2. The molecule has 1 unspecified atom stereocenters. The second-order valence-corrected chi connectivity index (χ2v) is 4.60. The maximum atomic E-state index is 11.3. The quantitative estimate of drug-likeness (QED) is 0.366. The van der Waals surface area contributed by atoms with Crippen LogP contribution in [0.25, 0.3) is 0 Å². The monoisotopic (exact) mass is 270 g/mol. The molecule has 0 aromatic heterocycles. The molecule has 0 aliphatic carbocycles. The first-order valence-corrected chi connectivity index (χ1v) is 6.98. The fraction of sp³-hybridized carbons (Fsp3) is 0.733. The van der Waals surface area contributed by atoms with Gasteiger partial charge in [0.25, 0.3) is 0 Å². The Morgan fingerprint density at radius 1 is 1.16 bits per heavy atom. The van der Waals surface area contributed by atoms with Crippen LogP contribution in [0.5, 0.6) is 0 Å². The summed E-state index contributed by atoms with van der Waals surface area (Å²) in [6.07, 6.45) is 4.75. The number of allylic oxidation sites excluding steroid dienone is 2. The maximum absolute atomic E-state index is 11.3. The number of hydrogen-bond acceptors (Lipinski definition) is 4. The van der Waals surface area contributed by atoms with Gasteiger partial charge in [-0.15, -0.1) is 0 Å². The van der Waals surface area contributed by atoms with Crippen LogP contribution in [0.1, 0.15) is 53.4 Å². The Labute approximate surface area is 116 Å². The lowest BCUT2D eigenvalue weighted by Gasteiger charge is -2.13. The summed E-state index contributed by atoms with van der Waals surface area (Å²) in [7, 11) is 0. The second kappa shape index (κ2) is 10.6. The minimum absolute atomic E-state index is 0.284. The summed E-state index contributed by atoms with van der Waals surface area (Å²) in [6.45, 7) is 8.68. The Morgan fingerprint density at radius 3 is 2.32 bits per heavy atom. The SMILES string of the molecule is CC=C(CC)CC(C)CCOC(=O)CC(=O)OCC. The molecule has 19 heavy (non-hydrogen) atoms. The molecule has 0 amide bonds. The molecule has 0 saturated heterocycles. The lowest BCUT2D eigenvalue weighted by Crippen LogP contribution is -2.15. The number of hydrogen-bond donors (Lipinski definition) is 0. The molecule has 4 heteroatoms. The van der Waals surface area contributed by atoms with E-state index in [1.807, 2.05) is 6.92 Å². The van der Waals surface area contributed by atoms with Crippen molar-refractivity contribution in [3.8, 4) is 0 Å². The Morgan fingerprint density at radius 2 is 1.79 bits per heavy atom. The van der Waals surface area contributed by atoms with Gasteiger partial charge in [-0.2, -0.15) is 0 Å². The summed E-state index contributed by atoms with van der Waals surface area (Å²) < 4.78 is 9.69. The third kappa shape index (κ3) is 9.28. The average Bonchev–Trinajstić information content (AvgIpc) is 2.36. The molecule has 0 aliphatic rings. The van der Waals surface area contributed by atoms with Crippen LogP contribution in [-0.4, -0.2) is 25.2 Å². The maximum Gasteiger partial charge on any atom is 0.317 e. The molecule has 0 radical (unpaired) electrons. The Balaban J connectivity index is 3.78. The van der Waals surface area contributed by atoms with E-state index in [-0.39, 0.29) is 13.0 Å². The predicted molar refractivity (Wildman–Crippen MR) is 74.7 cm³/mol. The zero-order valence-electron chi connectivity index (χ0n) is 12.5. The first-order chi connectivity index (χ1) is 9.03. The average molecular weight is 270 g/mol. The van der Waals surface area contributed by atoms with Crippen LogP contribution in [0.15, 0.2) is 11.6 Å². The van der Waals surface area contributed by atoms with Crippen molar-refractivity contribution in [1.82, 2.24) is 0 Å². The predicted octanol–water partition coefficient (Wildman–Crippen LogP) is 3.26. The molecule has 0 fully saturated rings. The largest absolute Gasteiger partial charge is 0.466 e. The van der Waals surface area contributed by atoms with Gasteiger partial charge in [0.2, 0.25) is 0 Å². The second-order valence-electron chi connectivity index (χ2n) is 4.60. The molecule has 0 aromatic rings. The van der Waals surface area contributed by atoms with E-state index in [0.29, 0.717) is 12.5 Å². The smallest absolute Gasteiger partial charge is 0.317 e. The first kappa shape index (κ1) is 17.7. The third-order valence-corrected chi connectivity index (χ3v) is 2.94. The van der Waals surface area contributed by atoms with Gasteiger partial charge < -0.3 is 9.47 Å². The fourth-order valence-corrected chi connectivity index (χ4v) is 1.77. The van der Waals surface area contributed by atoms with Crippen molar-refractivity contribution in [2.24, 2.45) is 5.92 Å². The van der Waals surface area contributed by atoms with Crippen LogP contribution >= 0.6 is 0 Å². The Bertz CT molecular complexity index is 307. The molecule has 0 aliphatic heterocycles. The molecule has 0 aromatic carbocycles. The minimum Gasteiger partial charge on any atom is -0.466 e. The van der Waals surface area contributed by atoms with Gasteiger partial charge in [-0.1, -0.05) is 25.5 Å². The van der Waals surface area contributed by atoms with E-state index >= 15 is 0 Å². The van der Waals surface area contributed by atoms with Gasteiger partial charge in [-0.05, 0) is 39.0 Å². The fourth-order valence-electron chi connectivity index (χ4n) is 1.77. The number of esters is 2. The molecule has 0 saturated carbocycles. The van der Waals surface area contributed by atoms with Gasteiger partial charge in [0.1, 0.15) is 6.42 Å². The van der Waals surface area contributed by atoms with Gasteiger partial charge in [-0.25, -0.2) is 0 Å². The normalized spacial score (nSPS) is 12.9. The topological polar surface area (TPSA) is 52.6 Å². The van der Waals surface area contributed by atoms with E-state index < -0.39 is 11.9 Å². The third-order valence-electron chi connectivity index (χ3n) is 2.94. The van der Waals surface area contributed by atoms with Gasteiger partial charge >= 0.3 is 11.9 Å². The molecule has 4 nitrogen and oxygen atoms in total. The zero-order chi connectivity index (χ0) is 14.7. The van der Waals surface area contributed by atoms with Gasteiger partial charge in [-0.3, -0.25) is 9.59 Å². The highest BCUT2D eigenvalue weighted by Gasteiger charge is 2.12. The molecule has 0 bridgehead atoms. The highest BCUT2D eigenvalue weighted by Crippen LogP contribution is 2.17. The van der Waals surface area contributed by atoms with E-state index in [4.69, 9.17) is 4.74 Å². The van der Waals surface area contributed by atoms with E-state index in [9.17, 15) is 9.59 Å². The van der Waals surface area contributed by atoms with Crippen LogP contribution < -0.4 is 0 Å². The Hall–Kier alpha value is -1.32. The van der Waals surface area contributed by atoms with Crippen LogP contribution in [0.4, 0.5) is 0 Å². The summed E-state index contributed by atoms with van der Waals surface area (Å²) in [5.41, 5.74) is 1.42. The minimum atomic E-state index is -0.525. The lowest BCUT2D eigenvalue weighted by molar-refractivity contribution is -0.154. The zero-order valence-corrected chi connectivity index (χ0v) is 12.5. The Kier molecular flexibility index (Phi) is 9.85. The number of rotatable bonds is 9. The summed E-state index contributed by atoms with van der Waals surface area (Å²) >= 11 is 0. The molecular weight excluding hydrogens is 244 g/mol. The lowest BCUT2D eigenvalue weighted by atomic mass is 9.97. The standard InChI is InChI=1S/C15H26O4/c1-5-13(6-2)10-12(4)8-9-19-15(17)11-14(16)18-7-3/h5,12H,6-11H2,1-4H3. The summed E-state index contributed by atoms with van der Waals surface area (Å²) in [6, 6.07) is 0. The van der Waals surface area contributed by atoms with Crippen LogP contribution in [0, 0.1) is 5.92 Å². The summed E-state index contributed by atoms with van der Waals surface area (Å²) in [4.78, 5) is 22.4. The molecular formula is C15H26O4. The van der Waals surface area contributed by atoms with Crippen LogP contribution in [0.3, 0.4) is 0 Å². The molecule has 1 atom stereocenters. The number of carbonyl (C=O) groups is 2. The van der Waals surface area contributed by atoms with Crippen molar-refractivity contribution < 1.29 is 19.1 Å². The summed E-state index contributed by atoms with van der Waals surface area (Å²) in [5.74, 6) is -0.559. The van der Waals surface area contributed by atoms with Gasteiger partial charge in [0.05, 0.1) is 13.2 Å². The van der Waals surface area contributed by atoms with Crippen molar-refractivity contribution in [2.75, 3.05) is 13.2 Å². The van der Waals surface area contributed by atoms with Crippen molar-refractivity contribution in [2.45, 2.75) is 53.4 Å². The van der Waals surface area contributed by atoms with Crippen LogP contribution in [-0.2, 0) is 19.1 Å². The van der Waals surface area contributed by atoms with Gasteiger partial charge in [0.15, 0.2) is 0 Å². The highest BCUT2D eigenvalue weighted by atomic mass is 16.6. The van der Waals surface area contributed by atoms with Crippen molar-refractivity contribution in [3.05, 3.63) is 11.6 Å². The summed E-state index contributed by atoms with van der Waals surface area (Å²) in [5, 5.41) is 0. The number of carbonyl (C=O) groups excluding carboxylic acids is 2. The van der Waals surface area contributed by atoms with E-state index in [2.05, 4.69) is 24.7 Å². The molecule has 110 valence electrons. The molecule has 0 spiro atoms. The van der Waals surface area contributed by atoms with Crippen LogP contribution in [0.2, 0.25) is 0 Å². The molecule has 0 heterocycles. The van der Waals surface area contributed by atoms with Crippen molar-refractivity contribution in [3.63, 3.8) is 0 Å².